The summed E-state index contributed by atoms with van der Waals surface area (Å²) in [6, 6.07) is 7.52. The van der Waals surface area contributed by atoms with Gasteiger partial charge < -0.3 is 4.90 Å². The van der Waals surface area contributed by atoms with Gasteiger partial charge in [0.1, 0.15) is 5.82 Å². The molecule has 2 aromatic rings. The van der Waals surface area contributed by atoms with Crippen LogP contribution in [0.4, 0.5) is 0 Å². The number of fused-ring (bicyclic) bond motifs is 1. The number of para-hydroxylation sites is 1. The van der Waals surface area contributed by atoms with Crippen molar-refractivity contribution in [2.75, 3.05) is 31.1 Å². The lowest BCUT2D eigenvalue weighted by molar-refractivity contribution is 0.155. The average Bonchev–Trinajstić information content (AvgIpc) is 2.98. The van der Waals surface area contributed by atoms with E-state index in [1.165, 1.54) is 0 Å². The topological polar surface area (TPSA) is 72.3 Å². The lowest BCUT2D eigenvalue weighted by Crippen LogP contribution is -2.39. The predicted octanol–water partition coefficient (Wildman–Crippen LogP) is 1.85. The van der Waals surface area contributed by atoms with Gasteiger partial charge in [-0.05, 0) is 63.2 Å². The van der Waals surface area contributed by atoms with Gasteiger partial charge in [-0.25, -0.2) is 13.4 Å². The maximum absolute atomic E-state index is 12.8. The second kappa shape index (κ2) is 7.36. The van der Waals surface area contributed by atoms with Gasteiger partial charge in [-0.3, -0.25) is 9.36 Å². The number of piperidine rings is 1. The molecule has 0 amide bonds. The number of hydrogen-bond donors (Lipinski definition) is 0. The fraction of sp³-hybridized carbons (Fsp3) is 0.600. The zero-order valence-electron chi connectivity index (χ0n) is 15.8. The zero-order chi connectivity index (χ0) is 19.0. The number of sulfone groups is 1. The first-order valence-electron chi connectivity index (χ1n) is 9.80. The van der Waals surface area contributed by atoms with Crippen LogP contribution >= 0.6 is 0 Å². The Morgan fingerprint density at radius 1 is 1.07 bits per heavy atom. The van der Waals surface area contributed by atoms with Crippen LogP contribution in [0.15, 0.2) is 29.1 Å². The summed E-state index contributed by atoms with van der Waals surface area (Å²) in [6.45, 7) is 5.48. The molecule has 0 bridgehead atoms. The van der Waals surface area contributed by atoms with Crippen LogP contribution in [-0.4, -0.2) is 54.0 Å². The minimum Gasteiger partial charge on any atom is -0.303 e. The third-order valence-corrected chi connectivity index (χ3v) is 7.88. The lowest BCUT2D eigenvalue weighted by Gasteiger charge is -2.33. The number of aryl methyl sites for hydroxylation is 1. The minimum absolute atomic E-state index is 0.0525. The monoisotopic (exact) mass is 389 g/mol. The molecule has 2 aliphatic rings. The van der Waals surface area contributed by atoms with Crippen molar-refractivity contribution in [2.24, 2.45) is 11.8 Å². The smallest absolute Gasteiger partial charge is 0.261 e. The van der Waals surface area contributed by atoms with Gasteiger partial charge in [0, 0.05) is 13.1 Å². The van der Waals surface area contributed by atoms with Crippen molar-refractivity contribution in [3.63, 3.8) is 0 Å². The third-order valence-electron chi connectivity index (χ3n) is 6.04. The maximum atomic E-state index is 12.8. The van der Waals surface area contributed by atoms with Crippen LogP contribution in [0.1, 0.15) is 25.1 Å². The van der Waals surface area contributed by atoms with Crippen LogP contribution in [0.2, 0.25) is 0 Å². The van der Waals surface area contributed by atoms with E-state index in [0.717, 1.165) is 50.2 Å². The van der Waals surface area contributed by atoms with Crippen LogP contribution in [0.3, 0.4) is 0 Å². The molecule has 3 heterocycles. The van der Waals surface area contributed by atoms with Gasteiger partial charge in [0.25, 0.3) is 5.56 Å². The maximum Gasteiger partial charge on any atom is 0.261 e. The van der Waals surface area contributed by atoms with E-state index in [2.05, 4.69) is 9.88 Å². The van der Waals surface area contributed by atoms with Gasteiger partial charge in [-0.15, -0.1) is 0 Å². The number of hydrogen-bond acceptors (Lipinski definition) is 5. The highest BCUT2D eigenvalue weighted by molar-refractivity contribution is 7.91. The van der Waals surface area contributed by atoms with Crippen molar-refractivity contribution in [3.8, 4) is 0 Å². The van der Waals surface area contributed by atoms with E-state index in [9.17, 15) is 13.2 Å². The molecule has 27 heavy (non-hydrogen) atoms. The van der Waals surface area contributed by atoms with E-state index in [-0.39, 0.29) is 5.56 Å². The summed E-state index contributed by atoms with van der Waals surface area (Å²) in [6.07, 6.45) is 2.88. The fourth-order valence-corrected chi connectivity index (χ4v) is 6.33. The van der Waals surface area contributed by atoms with Crippen molar-refractivity contribution in [1.29, 1.82) is 0 Å². The summed E-state index contributed by atoms with van der Waals surface area (Å²) < 4.78 is 25.1. The molecule has 1 atom stereocenters. The molecule has 1 unspecified atom stereocenters. The summed E-state index contributed by atoms with van der Waals surface area (Å²) in [5, 5.41) is 0.683. The molecule has 146 valence electrons. The van der Waals surface area contributed by atoms with Crippen LogP contribution in [-0.2, 0) is 16.4 Å². The van der Waals surface area contributed by atoms with Crippen molar-refractivity contribution in [3.05, 3.63) is 40.4 Å². The van der Waals surface area contributed by atoms with Gasteiger partial charge in [-0.2, -0.15) is 0 Å². The molecule has 2 fully saturated rings. The van der Waals surface area contributed by atoms with E-state index < -0.39 is 9.84 Å². The summed E-state index contributed by atoms with van der Waals surface area (Å²) in [7, 11) is -2.80. The summed E-state index contributed by atoms with van der Waals surface area (Å²) >= 11 is 0. The highest BCUT2D eigenvalue weighted by Gasteiger charge is 2.30. The molecule has 2 saturated heterocycles. The number of rotatable bonds is 4. The highest BCUT2D eigenvalue weighted by atomic mass is 32.2. The Kier molecular flexibility index (Phi) is 5.07. The van der Waals surface area contributed by atoms with Gasteiger partial charge in [0.05, 0.1) is 22.4 Å². The molecular weight excluding hydrogens is 362 g/mol. The Balaban J connectivity index is 1.38. The van der Waals surface area contributed by atoms with E-state index in [4.69, 9.17) is 0 Å². The molecule has 0 saturated carbocycles. The fourth-order valence-electron chi connectivity index (χ4n) is 4.48. The number of likely N-dealkylation sites (tertiary alicyclic amines) is 1. The van der Waals surface area contributed by atoms with Crippen molar-refractivity contribution in [2.45, 2.75) is 32.7 Å². The molecule has 0 aliphatic carbocycles. The van der Waals surface area contributed by atoms with Gasteiger partial charge in [0.15, 0.2) is 9.84 Å². The van der Waals surface area contributed by atoms with Crippen molar-refractivity contribution >= 4 is 20.7 Å². The Morgan fingerprint density at radius 3 is 2.52 bits per heavy atom. The number of benzene rings is 1. The second-order valence-corrected chi connectivity index (χ2v) is 10.3. The van der Waals surface area contributed by atoms with Crippen molar-refractivity contribution in [1.82, 2.24) is 14.5 Å². The van der Waals surface area contributed by atoms with E-state index >= 15 is 0 Å². The first-order chi connectivity index (χ1) is 12.9. The SMILES string of the molecule is Cc1nc2ccccc2c(=O)n1CC1CCN(CC2CCS(=O)(=O)C2)CC1. The molecule has 2 aliphatic heterocycles. The Morgan fingerprint density at radius 2 is 1.81 bits per heavy atom. The number of aromatic nitrogens is 2. The van der Waals surface area contributed by atoms with Crippen LogP contribution < -0.4 is 5.56 Å². The molecule has 0 radical (unpaired) electrons. The standard InChI is InChI=1S/C20H27N3O3S/c1-15-21-19-5-3-2-4-18(19)20(24)23(15)13-16-6-9-22(10-7-16)12-17-8-11-27(25,26)14-17/h2-5,16-17H,6-14H2,1H3. The first kappa shape index (κ1) is 18.6. The third kappa shape index (κ3) is 4.09. The Labute approximate surface area is 160 Å². The van der Waals surface area contributed by atoms with Crippen LogP contribution in [0.25, 0.3) is 10.9 Å². The minimum atomic E-state index is -2.80. The molecule has 6 nitrogen and oxygen atoms in total. The van der Waals surface area contributed by atoms with Gasteiger partial charge >= 0.3 is 0 Å². The van der Waals surface area contributed by atoms with Crippen molar-refractivity contribution < 1.29 is 8.42 Å². The molecule has 0 N–H and O–H groups in total. The van der Waals surface area contributed by atoms with Gasteiger partial charge in [0.2, 0.25) is 0 Å². The number of nitrogens with zero attached hydrogens (tertiary/aromatic N) is 3. The van der Waals surface area contributed by atoms with E-state index in [1.54, 1.807) is 0 Å². The molecule has 4 rings (SSSR count). The van der Waals surface area contributed by atoms with Gasteiger partial charge in [-0.1, -0.05) is 12.1 Å². The Hall–Kier alpha value is -1.73. The molecule has 1 aromatic heterocycles. The lowest BCUT2D eigenvalue weighted by atomic mass is 9.95. The molecule has 7 heteroatoms. The normalized spacial score (nSPS) is 23.8. The zero-order valence-corrected chi connectivity index (χ0v) is 16.6. The summed E-state index contributed by atoms with van der Waals surface area (Å²) in [4.78, 5) is 19.8. The summed E-state index contributed by atoms with van der Waals surface area (Å²) in [5.74, 6) is 2.24. The molecular formula is C20H27N3O3S. The van der Waals surface area contributed by atoms with E-state index in [0.29, 0.717) is 35.3 Å². The summed E-state index contributed by atoms with van der Waals surface area (Å²) in [5.41, 5.74) is 0.814. The largest absolute Gasteiger partial charge is 0.303 e. The average molecular weight is 390 g/mol. The van der Waals surface area contributed by atoms with Crippen LogP contribution in [0, 0.1) is 18.8 Å². The Bertz CT molecular complexity index is 991. The molecule has 0 spiro atoms. The van der Waals surface area contributed by atoms with Crippen LogP contribution in [0.5, 0.6) is 0 Å². The highest BCUT2D eigenvalue weighted by Crippen LogP contribution is 2.24. The predicted molar refractivity (Wildman–Crippen MR) is 107 cm³/mol. The quantitative estimate of drug-likeness (QED) is 0.798. The molecule has 1 aromatic carbocycles. The first-order valence-corrected chi connectivity index (χ1v) is 11.6. The second-order valence-electron chi connectivity index (χ2n) is 8.10. The van der Waals surface area contributed by atoms with E-state index in [1.807, 2.05) is 35.8 Å².